The van der Waals surface area contributed by atoms with E-state index in [1.807, 2.05) is 0 Å². The highest BCUT2D eigenvalue weighted by molar-refractivity contribution is 8.05. The second-order valence-corrected chi connectivity index (χ2v) is 8.19. The van der Waals surface area contributed by atoms with Gasteiger partial charge in [-0.05, 0) is 27.7 Å². The molecule has 0 radical (unpaired) electrons. The Balaban J connectivity index is 0. The van der Waals surface area contributed by atoms with Gasteiger partial charge in [0, 0.05) is 0 Å². The van der Waals surface area contributed by atoms with Crippen LogP contribution in [0.4, 0.5) is 26.3 Å². The summed E-state index contributed by atoms with van der Waals surface area (Å²) < 4.78 is 110. The van der Waals surface area contributed by atoms with E-state index in [2.05, 4.69) is 27.7 Å². The molecule has 14 heteroatoms. The number of hydrogen-bond acceptors (Lipinski definition) is 4. The van der Waals surface area contributed by atoms with Gasteiger partial charge < -0.3 is 4.48 Å². The molecule has 24 heavy (non-hydrogen) atoms. The van der Waals surface area contributed by atoms with Crippen LogP contribution in [0.15, 0.2) is 0 Å². The van der Waals surface area contributed by atoms with Gasteiger partial charge in [-0.2, -0.15) is 26.3 Å². The van der Waals surface area contributed by atoms with Crippen molar-refractivity contribution in [2.24, 2.45) is 0 Å². The van der Waals surface area contributed by atoms with Crippen molar-refractivity contribution < 1.29 is 47.7 Å². The average molecular weight is 411 g/mol. The molecule has 0 aromatic carbocycles. The fraction of sp³-hybridized carbons (Fsp3) is 1.00. The largest absolute Gasteiger partial charge is 0.512 e. The average Bonchev–Trinajstić information content (AvgIpc) is 2.39. The van der Waals surface area contributed by atoms with Crippen molar-refractivity contribution in [2.45, 2.75) is 38.7 Å². The van der Waals surface area contributed by atoms with E-state index in [9.17, 15) is 43.2 Å². The van der Waals surface area contributed by atoms with Crippen molar-refractivity contribution in [3.8, 4) is 0 Å². The summed E-state index contributed by atoms with van der Waals surface area (Å²) in [7, 11) is -13.2. The third-order valence-electron chi connectivity index (χ3n) is 3.51. The Morgan fingerprint density at radius 2 is 0.875 bits per heavy atom. The van der Waals surface area contributed by atoms with E-state index in [-0.39, 0.29) is 0 Å². The van der Waals surface area contributed by atoms with Crippen molar-refractivity contribution in [1.29, 1.82) is 0 Å². The molecule has 0 fully saturated rings. The zero-order chi connectivity index (χ0) is 20.0. The topological polar surface area (TPSA) is 80.3 Å². The molecule has 0 spiro atoms. The number of rotatable bonds is 6. The van der Waals surface area contributed by atoms with Gasteiger partial charge in [0.25, 0.3) is 0 Å². The monoisotopic (exact) mass is 411 g/mol. The molecule has 6 nitrogen and oxygen atoms in total. The van der Waals surface area contributed by atoms with Crippen molar-refractivity contribution in [2.75, 3.05) is 26.2 Å². The first kappa shape index (κ1) is 25.6. The third kappa shape index (κ3) is 7.11. The molecule has 0 rings (SSSR count). The molecule has 0 unspecified atom stereocenters. The fourth-order valence-electron chi connectivity index (χ4n) is 1.58. The summed E-state index contributed by atoms with van der Waals surface area (Å²) in [6, 6.07) is 0. The van der Waals surface area contributed by atoms with Crippen LogP contribution in [0, 0.1) is 0 Å². The summed E-state index contributed by atoms with van der Waals surface area (Å²) in [5, 5.41) is 0. The lowest BCUT2D eigenvalue weighted by Crippen LogP contribution is -2.47. The first-order chi connectivity index (χ1) is 10.4. The number of nitrogens with one attached hydrogen (secondary N) is 1. The molecule has 0 saturated carbocycles. The first-order valence-corrected chi connectivity index (χ1v) is 9.68. The van der Waals surface area contributed by atoms with Crippen LogP contribution in [0.2, 0.25) is 0 Å². The second kappa shape index (κ2) is 8.67. The highest BCUT2D eigenvalue weighted by Crippen LogP contribution is 2.27. The van der Waals surface area contributed by atoms with Crippen LogP contribution in [0.25, 0.3) is 0 Å². The minimum Gasteiger partial charge on any atom is -0.325 e. The standard InChI is InChI=1S/C8H20N.C2HF6NO4S2/c1-5-9(6-2,7-3)8-4;3-1(4,5)14(10,11)9-15(12,13)2(6,7)8/h5-8H2,1-4H3;9H/q+1;. The lowest BCUT2D eigenvalue weighted by molar-refractivity contribution is -0.921. The zero-order valence-electron chi connectivity index (χ0n) is 13.5. The predicted molar refractivity (Wildman–Crippen MR) is 75.5 cm³/mol. The molecule has 0 aromatic rings. The summed E-state index contributed by atoms with van der Waals surface area (Å²) in [5.74, 6) is 0. The first-order valence-electron chi connectivity index (χ1n) is 6.71. The summed E-state index contributed by atoms with van der Waals surface area (Å²) in [5.41, 5.74) is -12.3. The molecule has 0 aromatic heterocycles. The van der Waals surface area contributed by atoms with Crippen LogP contribution in [0.3, 0.4) is 0 Å². The van der Waals surface area contributed by atoms with Gasteiger partial charge in [0.1, 0.15) is 0 Å². The maximum absolute atomic E-state index is 11.5. The highest BCUT2D eigenvalue weighted by Gasteiger charge is 2.55. The highest BCUT2D eigenvalue weighted by atomic mass is 32.3. The van der Waals surface area contributed by atoms with Gasteiger partial charge in [0.2, 0.25) is 0 Å². The number of hydrogen-bond donors (Lipinski definition) is 1. The summed E-state index contributed by atoms with van der Waals surface area (Å²) in [4.78, 5) is 0. The van der Waals surface area contributed by atoms with E-state index in [1.54, 1.807) is 0 Å². The van der Waals surface area contributed by atoms with Gasteiger partial charge in [-0.15, -0.1) is 0 Å². The molecule has 1 N–H and O–H groups in total. The maximum atomic E-state index is 11.5. The molecule has 0 bridgehead atoms. The summed E-state index contributed by atoms with van der Waals surface area (Å²) >= 11 is 0. The molecular weight excluding hydrogens is 390 g/mol. The Labute approximate surface area is 137 Å². The van der Waals surface area contributed by atoms with Gasteiger partial charge in [-0.25, -0.2) is 16.8 Å². The van der Waals surface area contributed by atoms with Gasteiger partial charge >= 0.3 is 31.1 Å². The second-order valence-electron chi connectivity index (χ2n) is 4.59. The minimum atomic E-state index is -6.60. The van der Waals surface area contributed by atoms with Crippen LogP contribution in [0.5, 0.6) is 0 Å². The Hall–Kier alpha value is -0.600. The van der Waals surface area contributed by atoms with Crippen LogP contribution < -0.4 is 4.13 Å². The van der Waals surface area contributed by atoms with Crippen LogP contribution in [0.1, 0.15) is 27.7 Å². The van der Waals surface area contributed by atoms with Crippen LogP contribution in [-0.4, -0.2) is 58.5 Å². The van der Waals surface area contributed by atoms with E-state index in [0.29, 0.717) is 0 Å². The van der Waals surface area contributed by atoms with Crippen molar-refractivity contribution in [3.63, 3.8) is 0 Å². The zero-order valence-corrected chi connectivity index (χ0v) is 15.1. The number of halogens is 6. The minimum absolute atomic E-state index is 0.493. The van der Waals surface area contributed by atoms with E-state index in [1.165, 1.54) is 30.7 Å². The molecule has 0 amide bonds. The van der Waals surface area contributed by atoms with Gasteiger partial charge in [-0.1, -0.05) is 4.13 Å². The van der Waals surface area contributed by atoms with Crippen molar-refractivity contribution in [1.82, 2.24) is 4.13 Å². The molecule has 0 saturated heterocycles. The van der Waals surface area contributed by atoms with E-state index < -0.39 is 35.2 Å². The molecule has 0 aliphatic rings. The van der Waals surface area contributed by atoms with Crippen LogP contribution in [-0.2, 0) is 20.0 Å². The quantitative estimate of drug-likeness (QED) is 0.537. The fourth-order valence-corrected chi connectivity index (χ4v) is 3.49. The smallest absolute Gasteiger partial charge is 0.325 e. The van der Waals surface area contributed by atoms with Gasteiger partial charge in [0.05, 0.1) is 26.2 Å². The Bertz CT molecular complexity index is 520. The van der Waals surface area contributed by atoms with Gasteiger partial charge in [-0.3, -0.25) is 0 Å². The van der Waals surface area contributed by atoms with Gasteiger partial charge in [0.15, 0.2) is 0 Å². The van der Waals surface area contributed by atoms with E-state index in [0.717, 1.165) is 0 Å². The Kier molecular flexibility index (Phi) is 9.26. The number of nitrogens with zero attached hydrogens (tertiary/aromatic N) is 1. The predicted octanol–water partition coefficient (Wildman–Crippen LogP) is 2.16. The molecular formula is C10H21F6N2O4S2+. The van der Waals surface area contributed by atoms with Crippen LogP contribution >= 0.6 is 0 Å². The lowest BCUT2D eigenvalue weighted by atomic mass is 10.3. The summed E-state index contributed by atoms with van der Waals surface area (Å²) in [6.07, 6.45) is 0. The molecule has 148 valence electrons. The molecule has 0 heterocycles. The summed E-state index contributed by atoms with van der Waals surface area (Å²) in [6.45, 7) is 14.2. The maximum Gasteiger partial charge on any atom is 0.512 e. The molecule has 0 aliphatic heterocycles. The third-order valence-corrected chi connectivity index (χ3v) is 6.49. The number of quaternary nitrogens is 1. The Morgan fingerprint density at radius 3 is 0.958 bits per heavy atom. The SMILES string of the molecule is CC[N+](CC)(CC)CC.O=S(=O)(NS(=O)(=O)C(F)(F)F)C(F)(F)F. The van der Waals surface area contributed by atoms with E-state index in [4.69, 9.17) is 0 Å². The number of sulfonamides is 2. The molecule has 0 aliphatic carbocycles. The normalized spacial score (nSPS) is 14.1. The molecule has 0 atom stereocenters. The Morgan fingerprint density at radius 1 is 0.667 bits per heavy atom. The lowest BCUT2D eigenvalue weighted by Gasteiger charge is -2.34. The van der Waals surface area contributed by atoms with Crippen molar-refractivity contribution in [3.05, 3.63) is 0 Å². The van der Waals surface area contributed by atoms with E-state index >= 15 is 0 Å². The van der Waals surface area contributed by atoms with Crippen molar-refractivity contribution >= 4 is 20.0 Å². The number of alkyl halides is 6.